The Kier molecular flexibility index (Phi) is 3.83. The van der Waals surface area contributed by atoms with E-state index in [1.54, 1.807) is 12.5 Å². The second kappa shape index (κ2) is 5.93. The highest BCUT2D eigenvalue weighted by molar-refractivity contribution is 5.17. The number of rotatable bonds is 5. The van der Waals surface area contributed by atoms with Crippen LogP contribution in [0.1, 0.15) is 29.0 Å². The smallest absolute Gasteiger partial charge is 0.133 e. The summed E-state index contributed by atoms with van der Waals surface area (Å²) in [6, 6.07) is 9.77. The van der Waals surface area contributed by atoms with Crippen molar-refractivity contribution in [1.82, 2.24) is 19.9 Å². The molecule has 0 saturated heterocycles. The molecule has 0 bridgehead atoms. The Morgan fingerprint density at radius 2 is 2.19 bits per heavy atom. The minimum atomic E-state index is -0.0951. The molecular formula is C16H18N4O. The van der Waals surface area contributed by atoms with Crippen LogP contribution in [-0.4, -0.2) is 14.5 Å². The molecule has 0 fully saturated rings. The second-order valence-electron chi connectivity index (χ2n) is 5.00. The molecule has 3 aromatic heterocycles. The molecule has 3 heterocycles. The first kappa shape index (κ1) is 13.6. The zero-order chi connectivity index (χ0) is 14.7. The lowest BCUT2D eigenvalue weighted by molar-refractivity contribution is 0.428. The largest absolute Gasteiger partial charge is 0.467 e. The average molecular weight is 282 g/mol. The number of pyridine rings is 1. The molecule has 1 N–H and O–H groups in total. The molecule has 0 aliphatic carbocycles. The van der Waals surface area contributed by atoms with Gasteiger partial charge in [0.05, 0.1) is 12.0 Å². The van der Waals surface area contributed by atoms with Crippen molar-refractivity contribution in [2.45, 2.75) is 19.5 Å². The van der Waals surface area contributed by atoms with E-state index in [1.165, 1.54) is 0 Å². The summed E-state index contributed by atoms with van der Waals surface area (Å²) in [5.41, 5.74) is 2.02. The maximum Gasteiger partial charge on any atom is 0.133 e. The zero-order valence-corrected chi connectivity index (χ0v) is 12.2. The molecule has 3 aromatic rings. The van der Waals surface area contributed by atoms with Gasteiger partial charge in [0, 0.05) is 31.7 Å². The number of aryl methyl sites for hydroxylation is 2. The Morgan fingerprint density at radius 1 is 1.29 bits per heavy atom. The summed E-state index contributed by atoms with van der Waals surface area (Å²) in [7, 11) is 1.98. The zero-order valence-electron chi connectivity index (χ0n) is 12.2. The Balaban J connectivity index is 1.82. The summed E-state index contributed by atoms with van der Waals surface area (Å²) in [4.78, 5) is 8.93. The van der Waals surface area contributed by atoms with Crippen LogP contribution in [0.25, 0.3) is 0 Å². The fourth-order valence-electron chi connectivity index (χ4n) is 2.33. The Labute approximate surface area is 123 Å². The van der Waals surface area contributed by atoms with E-state index in [9.17, 15) is 0 Å². The van der Waals surface area contributed by atoms with Gasteiger partial charge in [-0.3, -0.25) is 10.3 Å². The molecule has 21 heavy (non-hydrogen) atoms. The van der Waals surface area contributed by atoms with Crippen molar-refractivity contribution in [2.24, 2.45) is 7.05 Å². The lowest BCUT2D eigenvalue weighted by atomic mass is 10.2. The summed E-state index contributed by atoms with van der Waals surface area (Å²) >= 11 is 0. The van der Waals surface area contributed by atoms with Crippen molar-refractivity contribution >= 4 is 0 Å². The van der Waals surface area contributed by atoms with Gasteiger partial charge in [-0.2, -0.15) is 0 Å². The topological polar surface area (TPSA) is 55.9 Å². The summed E-state index contributed by atoms with van der Waals surface area (Å²) < 4.78 is 7.54. The molecule has 3 rings (SSSR count). The number of nitrogens with one attached hydrogen (secondary N) is 1. The molecule has 0 saturated carbocycles. The number of hydrogen-bond acceptors (Lipinski definition) is 4. The van der Waals surface area contributed by atoms with Gasteiger partial charge in [-0.05, 0) is 31.2 Å². The fourth-order valence-corrected chi connectivity index (χ4v) is 2.33. The van der Waals surface area contributed by atoms with Crippen LogP contribution in [-0.2, 0) is 13.6 Å². The molecule has 5 heteroatoms. The minimum Gasteiger partial charge on any atom is -0.467 e. The highest BCUT2D eigenvalue weighted by Crippen LogP contribution is 2.21. The Morgan fingerprint density at radius 3 is 2.86 bits per heavy atom. The molecule has 0 amide bonds. The van der Waals surface area contributed by atoms with Gasteiger partial charge >= 0.3 is 0 Å². The van der Waals surface area contributed by atoms with Crippen LogP contribution in [0.4, 0.5) is 0 Å². The second-order valence-corrected chi connectivity index (χ2v) is 5.00. The molecule has 0 aliphatic heterocycles. The van der Waals surface area contributed by atoms with Gasteiger partial charge in [-0.1, -0.05) is 6.07 Å². The van der Waals surface area contributed by atoms with E-state index in [-0.39, 0.29) is 6.04 Å². The van der Waals surface area contributed by atoms with Crippen LogP contribution < -0.4 is 5.32 Å². The maximum absolute atomic E-state index is 5.55. The summed E-state index contributed by atoms with van der Waals surface area (Å²) in [6.45, 7) is 2.65. The van der Waals surface area contributed by atoms with Gasteiger partial charge in [-0.25, -0.2) is 4.98 Å². The number of nitrogens with zero attached hydrogens (tertiary/aromatic N) is 3. The summed E-state index contributed by atoms with van der Waals surface area (Å²) in [5.74, 6) is 1.76. The van der Waals surface area contributed by atoms with Crippen molar-refractivity contribution < 1.29 is 4.42 Å². The van der Waals surface area contributed by atoms with Gasteiger partial charge in [-0.15, -0.1) is 0 Å². The van der Waals surface area contributed by atoms with Gasteiger partial charge in [0.15, 0.2) is 0 Å². The van der Waals surface area contributed by atoms with Crippen LogP contribution in [0.3, 0.4) is 0 Å². The van der Waals surface area contributed by atoms with Crippen LogP contribution in [0.5, 0.6) is 0 Å². The number of aromatic nitrogens is 3. The van der Waals surface area contributed by atoms with Crippen LogP contribution in [0.15, 0.2) is 53.4 Å². The average Bonchev–Trinajstić information content (AvgIpc) is 3.12. The van der Waals surface area contributed by atoms with Crippen LogP contribution >= 0.6 is 0 Å². The highest BCUT2D eigenvalue weighted by Gasteiger charge is 2.20. The molecule has 0 spiro atoms. The minimum absolute atomic E-state index is 0.0951. The predicted molar refractivity (Wildman–Crippen MR) is 79.6 cm³/mol. The monoisotopic (exact) mass is 282 g/mol. The van der Waals surface area contributed by atoms with Gasteiger partial charge in [0.1, 0.15) is 17.6 Å². The van der Waals surface area contributed by atoms with E-state index in [4.69, 9.17) is 4.42 Å². The molecule has 5 nitrogen and oxygen atoms in total. The first-order chi connectivity index (χ1) is 10.2. The fraction of sp³-hybridized carbons (Fsp3) is 0.250. The van der Waals surface area contributed by atoms with Gasteiger partial charge < -0.3 is 8.98 Å². The highest BCUT2D eigenvalue weighted by atomic mass is 16.3. The predicted octanol–water partition coefficient (Wildman–Crippen LogP) is 2.60. The van der Waals surface area contributed by atoms with E-state index in [0.29, 0.717) is 6.54 Å². The van der Waals surface area contributed by atoms with Crippen molar-refractivity contribution in [1.29, 1.82) is 0 Å². The van der Waals surface area contributed by atoms with E-state index >= 15 is 0 Å². The number of furan rings is 1. The lowest BCUT2D eigenvalue weighted by Crippen LogP contribution is -2.24. The van der Waals surface area contributed by atoms with E-state index < -0.39 is 0 Å². The summed E-state index contributed by atoms with van der Waals surface area (Å²) in [6.07, 6.45) is 5.40. The number of hydrogen-bond donors (Lipinski definition) is 1. The van der Waals surface area contributed by atoms with Crippen molar-refractivity contribution in [3.63, 3.8) is 0 Å². The Hall–Kier alpha value is -2.40. The quantitative estimate of drug-likeness (QED) is 0.781. The molecule has 108 valence electrons. The Bertz CT molecular complexity index is 703. The maximum atomic E-state index is 5.55. The number of imidazole rings is 1. The molecule has 0 aliphatic rings. The van der Waals surface area contributed by atoms with E-state index in [0.717, 1.165) is 23.0 Å². The molecular weight excluding hydrogens is 264 g/mol. The molecule has 1 atom stereocenters. The van der Waals surface area contributed by atoms with Crippen LogP contribution in [0, 0.1) is 6.92 Å². The summed E-state index contributed by atoms with van der Waals surface area (Å²) in [5, 5.41) is 3.47. The molecule has 0 radical (unpaired) electrons. The van der Waals surface area contributed by atoms with Crippen molar-refractivity contribution in [3.8, 4) is 0 Å². The normalized spacial score (nSPS) is 12.5. The first-order valence-corrected chi connectivity index (χ1v) is 6.90. The van der Waals surface area contributed by atoms with Gasteiger partial charge in [0.25, 0.3) is 0 Å². The van der Waals surface area contributed by atoms with Crippen molar-refractivity contribution in [2.75, 3.05) is 0 Å². The molecule has 0 aromatic carbocycles. The molecule has 1 unspecified atom stereocenters. The third-order valence-corrected chi connectivity index (χ3v) is 3.38. The SMILES string of the molecule is Cc1cccc(CNC(c2ccco2)c2nccn2C)n1. The standard InChI is InChI=1S/C16H18N4O/c1-12-5-3-6-13(19-12)11-18-15(14-7-4-10-21-14)16-17-8-9-20(16)2/h3-10,15,18H,11H2,1-2H3. The first-order valence-electron chi connectivity index (χ1n) is 6.90. The third kappa shape index (κ3) is 3.03. The van der Waals surface area contributed by atoms with Crippen molar-refractivity contribution in [3.05, 3.63) is 72.0 Å². The lowest BCUT2D eigenvalue weighted by Gasteiger charge is -2.16. The van der Waals surface area contributed by atoms with E-state index in [1.807, 2.05) is 55.1 Å². The van der Waals surface area contributed by atoms with E-state index in [2.05, 4.69) is 15.3 Å². The third-order valence-electron chi connectivity index (χ3n) is 3.38. The van der Waals surface area contributed by atoms with Gasteiger partial charge in [0.2, 0.25) is 0 Å². The van der Waals surface area contributed by atoms with Crippen LogP contribution in [0.2, 0.25) is 0 Å².